The lowest BCUT2D eigenvalue weighted by atomic mass is 10.1. The van der Waals surface area contributed by atoms with Gasteiger partial charge in [0.1, 0.15) is 22.6 Å². The molecule has 0 radical (unpaired) electrons. The molecular weight excluding hydrogens is 290 g/mol. The molecule has 0 aliphatic heterocycles. The number of hydrogen-bond acceptors (Lipinski definition) is 4. The zero-order valence-corrected chi connectivity index (χ0v) is 12.6. The van der Waals surface area contributed by atoms with Crippen molar-refractivity contribution in [2.75, 3.05) is 5.32 Å². The van der Waals surface area contributed by atoms with E-state index in [4.69, 9.17) is 16.9 Å². The number of nitrogens with one attached hydrogen (secondary N) is 1. The Bertz CT molecular complexity index is 729. The molecule has 21 heavy (non-hydrogen) atoms. The second-order valence-electron chi connectivity index (χ2n) is 4.85. The van der Waals surface area contributed by atoms with E-state index in [0.29, 0.717) is 16.9 Å². The molecule has 0 aromatic carbocycles. The first-order valence-corrected chi connectivity index (χ1v) is 6.71. The van der Waals surface area contributed by atoms with E-state index in [9.17, 15) is 4.79 Å². The van der Waals surface area contributed by atoms with Crippen LogP contribution in [0.25, 0.3) is 0 Å². The highest BCUT2D eigenvalue weighted by Gasteiger charge is 2.15. The first-order chi connectivity index (χ1) is 9.92. The van der Waals surface area contributed by atoms with E-state index in [2.05, 4.69) is 15.4 Å². The van der Waals surface area contributed by atoms with Crippen molar-refractivity contribution in [3.05, 3.63) is 40.3 Å². The summed E-state index contributed by atoms with van der Waals surface area (Å²) in [6.45, 7) is 3.94. The Morgan fingerprint density at radius 1 is 1.48 bits per heavy atom. The van der Waals surface area contributed by atoms with E-state index in [0.717, 1.165) is 5.69 Å². The Balaban J connectivity index is 2.33. The third-order valence-corrected chi connectivity index (χ3v) is 3.15. The fourth-order valence-electron chi connectivity index (χ4n) is 1.79. The van der Waals surface area contributed by atoms with Crippen LogP contribution in [0.2, 0.25) is 5.15 Å². The number of rotatable bonds is 3. The lowest BCUT2D eigenvalue weighted by Gasteiger charge is -2.09. The minimum absolute atomic E-state index is 0.154. The van der Waals surface area contributed by atoms with Crippen LogP contribution in [0.3, 0.4) is 0 Å². The van der Waals surface area contributed by atoms with E-state index in [1.807, 2.05) is 19.9 Å². The largest absolute Gasteiger partial charge is 0.306 e. The number of halogens is 1. The van der Waals surface area contributed by atoms with Gasteiger partial charge in [0, 0.05) is 18.3 Å². The molecule has 0 atom stereocenters. The molecule has 2 heterocycles. The maximum absolute atomic E-state index is 12.3. The molecule has 2 rings (SSSR count). The van der Waals surface area contributed by atoms with Gasteiger partial charge < -0.3 is 5.32 Å². The monoisotopic (exact) mass is 303 g/mol. The van der Waals surface area contributed by atoms with Crippen LogP contribution in [0.15, 0.2) is 18.3 Å². The first-order valence-electron chi connectivity index (χ1n) is 6.33. The maximum atomic E-state index is 12.3. The molecular formula is C14H14ClN5O. The number of anilines is 1. The zero-order valence-electron chi connectivity index (χ0n) is 11.9. The number of carbonyl (C=O) groups is 1. The second kappa shape index (κ2) is 5.94. The number of nitrogens with zero attached hydrogens (tertiary/aromatic N) is 4. The summed E-state index contributed by atoms with van der Waals surface area (Å²) < 4.78 is 1.43. The number of hydrogen-bond donors (Lipinski definition) is 1. The SMILES string of the molecule is CC(C)c1cc(C(=O)Nc2c(C#N)cnn2C)cc(Cl)n1. The standard InChI is InChI=1S/C14H14ClN5O/c1-8(2)11-4-9(5-12(15)18-11)14(21)19-13-10(6-16)7-17-20(13)3/h4-5,7-8H,1-3H3,(H,19,21). The van der Waals surface area contributed by atoms with Crippen molar-refractivity contribution in [2.45, 2.75) is 19.8 Å². The van der Waals surface area contributed by atoms with E-state index in [1.54, 1.807) is 13.1 Å². The van der Waals surface area contributed by atoms with Crippen molar-refractivity contribution in [1.82, 2.24) is 14.8 Å². The molecule has 0 bridgehead atoms. The number of carbonyl (C=O) groups excluding carboxylic acids is 1. The van der Waals surface area contributed by atoms with Gasteiger partial charge in [-0.05, 0) is 18.1 Å². The highest BCUT2D eigenvalue weighted by molar-refractivity contribution is 6.29. The number of amides is 1. The number of aryl methyl sites for hydroxylation is 1. The third-order valence-electron chi connectivity index (χ3n) is 2.96. The highest BCUT2D eigenvalue weighted by atomic mass is 35.5. The van der Waals surface area contributed by atoms with Gasteiger partial charge in [-0.15, -0.1) is 0 Å². The van der Waals surface area contributed by atoms with Gasteiger partial charge >= 0.3 is 0 Å². The van der Waals surface area contributed by atoms with Gasteiger partial charge in [0.15, 0.2) is 0 Å². The molecule has 7 heteroatoms. The smallest absolute Gasteiger partial charge is 0.257 e. The minimum atomic E-state index is -0.360. The van der Waals surface area contributed by atoms with Gasteiger partial charge in [0.25, 0.3) is 5.91 Å². The average Bonchev–Trinajstić information content (AvgIpc) is 2.78. The zero-order chi connectivity index (χ0) is 15.6. The van der Waals surface area contributed by atoms with Crippen molar-refractivity contribution in [2.24, 2.45) is 7.05 Å². The topological polar surface area (TPSA) is 83.6 Å². The van der Waals surface area contributed by atoms with Gasteiger partial charge in [-0.3, -0.25) is 9.48 Å². The van der Waals surface area contributed by atoms with Crippen LogP contribution in [-0.2, 0) is 7.05 Å². The highest BCUT2D eigenvalue weighted by Crippen LogP contribution is 2.19. The van der Waals surface area contributed by atoms with Gasteiger partial charge in [-0.1, -0.05) is 25.4 Å². The van der Waals surface area contributed by atoms with Crippen LogP contribution in [-0.4, -0.2) is 20.7 Å². The summed E-state index contributed by atoms with van der Waals surface area (Å²) in [7, 11) is 1.65. The summed E-state index contributed by atoms with van der Waals surface area (Å²) in [6.07, 6.45) is 1.40. The van der Waals surface area contributed by atoms with Crippen molar-refractivity contribution in [3.63, 3.8) is 0 Å². The van der Waals surface area contributed by atoms with Crippen LogP contribution >= 0.6 is 11.6 Å². The fourth-order valence-corrected chi connectivity index (χ4v) is 2.01. The predicted molar refractivity (Wildman–Crippen MR) is 79.2 cm³/mol. The average molecular weight is 304 g/mol. The van der Waals surface area contributed by atoms with Crippen molar-refractivity contribution < 1.29 is 4.79 Å². The molecule has 0 aliphatic rings. The lowest BCUT2D eigenvalue weighted by molar-refractivity contribution is 0.102. The molecule has 6 nitrogen and oxygen atoms in total. The Labute approximate surface area is 127 Å². The first kappa shape index (κ1) is 15.0. The summed E-state index contributed by atoms with van der Waals surface area (Å²) in [5.41, 5.74) is 1.43. The third kappa shape index (κ3) is 3.20. The van der Waals surface area contributed by atoms with Gasteiger partial charge in [-0.25, -0.2) is 4.98 Å². The molecule has 2 aromatic rings. The minimum Gasteiger partial charge on any atom is -0.306 e. The quantitative estimate of drug-likeness (QED) is 0.884. The second-order valence-corrected chi connectivity index (χ2v) is 5.24. The van der Waals surface area contributed by atoms with Gasteiger partial charge in [-0.2, -0.15) is 10.4 Å². The Morgan fingerprint density at radius 3 is 2.81 bits per heavy atom. The molecule has 1 N–H and O–H groups in total. The number of aromatic nitrogens is 3. The van der Waals surface area contributed by atoms with Crippen LogP contribution in [0.1, 0.15) is 41.4 Å². The molecule has 0 saturated heterocycles. The van der Waals surface area contributed by atoms with Gasteiger partial charge in [0.05, 0.1) is 6.20 Å². The molecule has 0 fully saturated rings. The molecule has 2 aromatic heterocycles. The normalized spacial score (nSPS) is 10.5. The molecule has 108 valence electrons. The fraction of sp³-hybridized carbons (Fsp3) is 0.286. The molecule has 0 aliphatic carbocycles. The van der Waals surface area contributed by atoms with E-state index in [1.165, 1.54) is 16.9 Å². The molecule has 0 saturated carbocycles. The van der Waals surface area contributed by atoms with E-state index >= 15 is 0 Å². The Kier molecular flexibility index (Phi) is 4.24. The summed E-state index contributed by atoms with van der Waals surface area (Å²) in [6, 6.07) is 5.16. The molecule has 1 amide bonds. The van der Waals surface area contributed by atoms with Gasteiger partial charge in [0.2, 0.25) is 0 Å². The maximum Gasteiger partial charge on any atom is 0.257 e. The summed E-state index contributed by atoms with van der Waals surface area (Å²) in [5, 5.41) is 15.9. The molecule has 0 unspecified atom stereocenters. The summed E-state index contributed by atoms with van der Waals surface area (Å²) in [4.78, 5) is 16.5. The van der Waals surface area contributed by atoms with Crippen molar-refractivity contribution in [3.8, 4) is 6.07 Å². The number of pyridine rings is 1. The van der Waals surface area contributed by atoms with Crippen LogP contribution in [0.4, 0.5) is 5.82 Å². The Hall–Kier alpha value is -2.39. The predicted octanol–water partition coefficient (Wildman–Crippen LogP) is 2.72. The van der Waals surface area contributed by atoms with Crippen LogP contribution < -0.4 is 5.32 Å². The summed E-state index contributed by atoms with van der Waals surface area (Å²) >= 11 is 5.95. The van der Waals surface area contributed by atoms with E-state index in [-0.39, 0.29) is 17.0 Å². The number of nitriles is 1. The van der Waals surface area contributed by atoms with Crippen molar-refractivity contribution >= 4 is 23.3 Å². The lowest BCUT2D eigenvalue weighted by Crippen LogP contribution is -2.16. The summed E-state index contributed by atoms with van der Waals surface area (Å²) in [5.74, 6) is 0.143. The molecule has 0 spiro atoms. The van der Waals surface area contributed by atoms with Crippen LogP contribution in [0, 0.1) is 11.3 Å². The van der Waals surface area contributed by atoms with Crippen LogP contribution in [0.5, 0.6) is 0 Å². The van der Waals surface area contributed by atoms with Crippen molar-refractivity contribution in [1.29, 1.82) is 5.26 Å². The van der Waals surface area contributed by atoms with E-state index < -0.39 is 0 Å². The Morgan fingerprint density at radius 2 is 2.19 bits per heavy atom.